The Bertz CT molecular complexity index is 147. The number of hydrogen-bond donors (Lipinski definition) is 0. The lowest BCUT2D eigenvalue weighted by Crippen LogP contribution is -2.07. The smallest absolute Gasteiger partial charge is 0.0759 e. The highest BCUT2D eigenvalue weighted by atomic mass is 32.2. The predicted octanol–water partition coefficient (Wildman–Crippen LogP) is 3.85. The lowest BCUT2D eigenvalue weighted by molar-refractivity contribution is 0.133. The Morgan fingerprint density at radius 2 is 2.00 bits per heavy atom. The van der Waals surface area contributed by atoms with Crippen molar-refractivity contribution in [3.8, 4) is 0 Å². The Labute approximate surface area is 86.9 Å². The van der Waals surface area contributed by atoms with Crippen LogP contribution in [0.4, 0.5) is 0 Å². The third-order valence-electron chi connectivity index (χ3n) is 1.59. The van der Waals surface area contributed by atoms with Crippen LogP contribution in [0.15, 0.2) is 11.5 Å². The largest absolute Gasteiger partial charge is 0.377 e. The molecule has 0 fully saturated rings. The van der Waals surface area contributed by atoms with Crippen molar-refractivity contribution >= 4 is 11.8 Å². The first-order valence-corrected chi connectivity index (χ1v) is 5.75. The third kappa shape index (κ3) is 8.38. The van der Waals surface area contributed by atoms with Gasteiger partial charge in [-0.15, -0.1) is 11.8 Å². The lowest BCUT2D eigenvalue weighted by atomic mass is 10.2. The molecule has 0 aromatic rings. The standard InChI is InChI=1S/C11H22OS/c1-6-7-10(12-5)8-9-13-11(2,3)4/h8-10H,6-7H2,1-5H3/b9-8+. The average molecular weight is 202 g/mol. The predicted molar refractivity (Wildman–Crippen MR) is 62.2 cm³/mol. The third-order valence-corrected chi connectivity index (χ3v) is 2.59. The molecule has 0 bridgehead atoms. The molecular formula is C11H22OS. The molecule has 0 saturated heterocycles. The molecule has 0 N–H and O–H groups in total. The van der Waals surface area contributed by atoms with Crippen molar-refractivity contribution in [3.05, 3.63) is 11.5 Å². The summed E-state index contributed by atoms with van der Waals surface area (Å²) >= 11 is 1.84. The summed E-state index contributed by atoms with van der Waals surface area (Å²) in [6.07, 6.45) is 4.72. The van der Waals surface area contributed by atoms with Crippen molar-refractivity contribution < 1.29 is 4.74 Å². The van der Waals surface area contributed by atoms with E-state index in [9.17, 15) is 0 Å². The first-order chi connectivity index (χ1) is 5.99. The molecule has 1 nitrogen and oxygen atoms in total. The van der Waals surface area contributed by atoms with Crippen LogP contribution in [0, 0.1) is 0 Å². The van der Waals surface area contributed by atoms with Crippen LogP contribution in [0.1, 0.15) is 40.5 Å². The van der Waals surface area contributed by atoms with Gasteiger partial charge in [-0.25, -0.2) is 0 Å². The Kier molecular flexibility index (Phi) is 6.52. The minimum absolute atomic E-state index is 0.292. The summed E-state index contributed by atoms with van der Waals surface area (Å²) in [5.41, 5.74) is 0. The molecule has 0 amide bonds. The van der Waals surface area contributed by atoms with E-state index < -0.39 is 0 Å². The van der Waals surface area contributed by atoms with Gasteiger partial charge in [-0.05, 0) is 17.9 Å². The quantitative estimate of drug-likeness (QED) is 0.670. The molecule has 13 heavy (non-hydrogen) atoms. The fourth-order valence-electron chi connectivity index (χ4n) is 0.908. The molecule has 0 aliphatic carbocycles. The fourth-order valence-corrected chi connectivity index (χ4v) is 1.57. The Hall–Kier alpha value is 0.0500. The first-order valence-electron chi connectivity index (χ1n) is 4.87. The first kappa shape index (κ1) is 13.1. The average Bonchev–Trinajstić information content (AvgIpc) is 2.01. The van der Waals surface area contributed by atoms with Crippen LogP contribution in [0.2, 0.25) is 0 Å². The van der Waals surface area contributed by atoms with Gasteiger partial charge in [0.2, 0.25) is 0 Å². The van der Waals surface area contributed by atoms with E-state index in [2.05, 4.69) is 39.2 Å². The zero-order valence-corrected chi connectivity index (χ0v) is 10.3. The van der Waals surface area contributed by atoms with Crippen LogP contribution in [0.3, 0.4) is 0 Å². The van der Waals surface area contributed by atoms with Crippen molar-refractivity contribution in [3.63, 3.8) is 0 Å². The summed E-state index contributed by atoms with van der Waals surface area (Å²) in [6, 6.07) is 0. The van der Waals surface area contributed by atoms with Gasteiger partial charge in [0.15, 0.2) is 0 Å². The van der Waals surface area contributed by atoms with E-state index in [-0.39, 0.29) is 0 Å². The van der Waals surface area contributed by atoms with E-state index in [4.69, 9.17) is 4.74 Å². The SMILES string of the molecule is CCCC(/C=C/SC(C)(C)C)OC. The molecule has 0 heterocycles. The van der Waals surface area contributed by atoms with E-state index in [1.54, 1.807) is 7.11 Å². The minimum atomic E-state index is 0.292. The molecule has 1 atom stereocenters. The van der Waals surface area contributed by atoms with Crippen LogP contribution in [-0.2, 0) is 4.74 Å². The van der Waals surface area contributed by atoms with Gasteiger partial charge >= 0.3 is 0 Å². The van der Waals surface area contributed by atoms with Crippen molar-refractivity contribution in [2.45, 2.75) is 51.4 Å². The molecule has 1 unspecified atom stereocenters. The monoisotopic (exact) mass is 202 g/mol. The molecule has 0 saturated carbocycles. The minimum Gasteiger partial charge on any atom is -0.377 e. The van der Waals surface area contributed by atoms with Gasteiger partial charge < -0.3 is 4.74 Å². The number of ether oxygens (including phenoxy) is 1. The highest BCUT2D eigenvalue weighted by Gasteiger charge is 2.08. The van der Waals surface area contributed by atoms with Crippen molar-refractivity contribution in [2.24, 2.45) is 0 Å². The van der Waals surface area contributed by atoms with E-state index in [0.717, 1.165) is 6.42 Å². The maximum Gasteiger partial charge on any atom is 0.0759 e. The Morgan fingerprint density at radius 1 is 1.38 bits per heavy atom. The maximum atomic E-state index is 5.31. The molecule has 0 aromatic heterocycles. The van der Waals surface area contributed by atoms with Gasteiger partial charge in [-0.3, -0.25) is 0 Å². The topological polar surface area (TPSA) is 9.23 Å². The highest BCUT2D eigenvalue weighted by Crippen LogP contribution is 2.24. The van der Waals surface area contributed by atoms with Crippen molar-refractivity contribution in [2.75, 3.05) is 7.11 Å². The van der Waals surface area contributed by atoms with Gasteiger partial charge in [0.25, 0.3) is 0 Å². The van der Waals surface area contributed by atoms with Gasteiger partial charge in [0.05, 0.1) is 6.10 Å². The van der Waals surface area contributed by atoms with E-state index in [0.29, 0.717) is 10.9 Å². The fraction of sp³-hybridized carbons (Fsp3) is 0.818. The normalized spacial score (nSPS) is 15.2. The maximum absolute atomic E-state index is 5.31. The van der Waals surface area contributed by atoms with Crippen LogP contribution in [0.25, 0.3) is 0 Å². The second-order valence-electron chi connectivity index (χ2n) is 4.12. The summed E-state index contributed by atoms with van der Waals surface area (Å²) in [5.74, 6) is 0. The molecule has 0 aromatic carbocycles. The van der Waals surface area contributed by atoms with Crippen LogP contribution in [-0.4, -0.2) is 18.0 Å². The van der Waals surface area contributed by atoms with E-state index in [1.165, 1.54) is 6.42 Å². The lowest BCUT2D eigenvalue weighted by Gasteiger charge is -2.15. The van der Waals surface area contributed by atoms with Crippen molar-refractivity contribution in [1.29, 1.82) is 0 Å². The van der Waals surface area contributed by atoms with Crippen LogP contribution >= 0.6 is 11.8 Å². The molecule has 0 radical (unpaired) electrons. The summed E-state index contributed by atoms with van der Waals surface area (Å²) in [6.45, 7) is 8.81. The molecular weight excluding hydrogens is 180 g/mol. The molecule has 0 aliphatic heterocycles. The second-order valence-corrected chi connectivity index (χ2v) is 5.85. The number of hydrogen-bond acceptors (Lipinski definition) is 2. The van der Waals surface area contributed by atoms with E-state index >= 15 is 0 Å². The summed E-state index contributed by atoms with van der Waals surface area (Å²) < 4.78 is 5.61. The van der Waals surface area contributed by atoms with Crippen LogP contribution in [0.5, 0.6) is 0 Å². The van der Waals surface area contributed by atoms with Gasteiger partial charge in [-0.2, -0.15) is 0 Å². The van der Waals surface area contributed by atoms with E-state index in [1.807, 2.05) is 11.8 Å². The van der Waals surface area contributed by atoms with Gasteiger partial charge in [0, 0.05) is 11.9 Å². The molecule has 2 heteroatoms. The van der Waals surface area contributed by atoms with Gasteiger partial charge in [-0.1, -0.05) is 34.1 Å². The second kappa shape index (κ2) is 6.50. The number of methoxy groups -OCH3 is 1. The highest BCUT2D eigenvalue weighted by molar-refractivity contribution is 8.03. The number of rotatable bonds is 5. The van der Waals surface area contributed by atoms with Crippen LogP contribution < -0.4 is 0 Å². The Morgan fingerprint density at radius 3 is 2.38 bits per heavy atom. The molecule has 0 aliphatic rings. The van der Waals surface area contributed by atoms with Crippen molar-refractivity contribution in [1.82, 2.24) is 0 Å². The Balaban J connectivity index is 3.79. The molecule has 0 spiro atoms. The summed E-state index contributed by atoms with van der Waals surface area (Å²) in [5, 5.41) is 2.16. The summed E-state index contributed by atoms with van der Waals surface area (Å²) in [7, 11) is 1.77. The van der Waals surface area contributed by atoms with Gasteiger partial charge in [0.1, 0.15) is 0 Å². The molecule has 78 valence electrons. The number of thioether (sulfide) groups is 1. The summed E-state index contributed by atoms with van der Waals surface area (Å²) in [4.78, 5) is 0. The molecule has 0 rings (SSSR count). The zero-order valence-electron chi connectivity index (χ0n) is 9.46. The zero-order chi connectivity index (χ0) is 10.3.